The summed E-state index contributed by atoms with van der Waals surface area (Å²) in [6, 6.07) is 4.01. The van der Waals surface area contributed by atoms with E-state index in [1.165, 1.54) is 7.11 Å². The second-order valence-corrected chi connectivity index (χ2v) is 5.38. The third kappa shape index (κ3) is 1.05. The number of thiophene rings is 1. The highest BCUT2D eigenvalue weighted by atomic mass is 32.1. The van der Waals surface area contributed by atoms with Crippen molar-refractivity contribution in [2.24, 2.45) is 5.41 Å². The first-order chi connectivity index (χ1) is 6.54. The van der Waals surface area contributed by atoms with Gasteiger partial charge in [-0.05, 0) is 23.3 Å². The second-order valence-electron chi connectivity index (χ2n) is 4.43. The summed E-state index contributed by atoms with van der Waals surface area (Å²) in [5.41, 5.74) is -0.319. The molecule has 1 aliphatic carbocycles. The topological polar surface area (TPSA) is 26.3 Å². The number of carbonyl (C=O) groups is 1. The molecule has 3 heteroatoms. The molecule has 1 saturated carbocycles. The summed E-state index contributed by atoms with van der Waals surface area (Å²) in [6.45, 7) is 4.23. The number of rotatable bonds is 2. The molecule has 0 aromatic carbocycles. The Morgan fingerprint density at radius 2 is 2.21 bits per heavy atom. The zero-order valence-corrected chi connectivity index (χ0v) is 9.48. The number of hydrogen-bond donors (Lipinski definition) is 0. The fourth-order valence-electron chi connectivity index (χ4n) is 2.18. The van der Waals surface area contributed by atoms with E-state index in [1.807, 2.05) is 17.5 Å². The lowest BCUT2D eigenvalue weighted by atomic mass is 9.94. The molecule has 0 spiro atoms. The van der Waals surface area contributed by atoms with Crippen LogP contribution in [0.25, 0.3) is 0 Å². The van der Waals surface area contributed by atoms with Crippen LogP contribution in [0.15, 0.2) is 17.5 Å². The Morgan fingerprint density at radius 3 is 2.57 bits per heavy atom. The SMILES string of the molecule is COC(=O)C1(c2cccs2)CC1(C)C. The predicted molar refractivity (Wildman–Crippen MR) is 56.4 cm³/mol. The van der Waals surface area contributed by atoms with Gasteiger partial charge in [-0.25, -0.2) is 0 Å². The summed E-state index contributed by atoms with van der Waals surface area (Å²) >= 11 is 1.64. The van der Waals surface area contributed by atoms with Gasteiger partial charge < -0.3 is 4.74 Å². The zero-order valence-electron chi connectivity index (χ0n) is 8.66. The number of hydrogen-bond acceptors (Lipinski definition) is 3. The number of ether oxygens (including phenoxy) is 1. The standard InChI is InChI=1S/C11H14O2S/c1-10(2)7-11(10,9(12)13-3)8-5-4-6-14-8/h4-6H,7H2,1-3H3. The van der Waals surface area contributed by atoms with Crippen LogP contribution in [0.5, 0.6) is 0 Å². The molecule has 14 heavy (non-hydrogen) atoms. The van der Waals surface area contributed by atoms with Gasteiger partial charge in [0.2, 0.25) is 0 Å². The Labute approximate surface area is 87.9 Å². The largest absolute Gasteiger partial charge is 0.468 e. The van der Waals surface area contributed by atoms with Gasteiger partial charge in [0.25, 0.3) is 0 Å². The summed E-state index contributed by atoms with van der Waals surface area (Å²) in [5.74, 6) is -0.0926. The van der Waals surface area contributed by atoms with E-state index in [9.17, 15) is 4.79 Å². The Morgan fingerprint density at radius 1 is 1.57 bits per heavy atom. The Kier molecular flexibility index (Phi) is 1.96. The Balaban J connectivity index is 2.41. The van der Waals surface area contributed by atoms with E-state index in [0.29, 0.717) is 0 Å². The van der Waals surface area contributed by atoms with E-state index in [0.717, 1.165) is 11.3 Å². The van der Waals surface area contributed by atoms with Crippen molar-refractivity contribution >= 4 is 17.3 Å². The van der Waals surface area contributed by atoms with E-state index >= 15 is 0 Å². The van der Waals surface area contributed by atoms with Crippen molar-refractivity contribution in [3.63, 3.8) is 0 Å². The molecular weight excluding hydrogens is 196 g/mol. The lowest BCUT2D eigenvalue weighted by molar-refractivity contribution is -0.144. The molecule has 1 atom stereocenters. The molecule has 0 aliphatic heterocycles. The number of carbonyl (C=O) groups excluding carboxylic acids is 1. The van der Waals surface area contributed by atoms with E-state index < -0.39 is 0 Å². The Hall–Kier alpha value is -0.830. The highest BCUT2D eigenvalue weighted by molar-refractivity contribution is 7.10. The second kappa shape index (κ2) is 2.83. The molecule has 0 amide bonds. The molecule has 1 heterocycles. The number of esters is 1. The van der Waals surface area contributed by atoms with E-state index in [1.54, 1.807) is 11.3 Å². The van der Waals surface area contributed by atoms with Crippen LogP contribution in [0.2, 0.25) is 0 Å². The summed E-state index contributed by atoms with van der Waals surface area (Å²) in [4.78, 5) is 12.9. The Bertz CT molecular complexity index is 353. The first-order valence-electron chi connectivity index (χ1n) is 4.67. The van der Waals surface area contributed by atoms with Gasteiger partial charge in [0.15, 0.2) is 0 Å². The van der Waals surface area contributed by atoms with Gasteiger partial charge >= 0.3 is 5.97 Å². The van der Waals surface area contributed by atoms with Crippen molar-refractivity contribution in [1.29, 1.82) is 0 Å². The molecule has 1 fully saturated rings. The molecular formula is C11H14O2S. The molecule has 0 N–H and O–H groups in total. The van der Waals surface area contributed by atoms with Crippen molar-refractivity contribution < 1.29 is 9.53 Å². The quantitative estimate of drug-likeness (QED) is 0.701. The van der Waals surface area contributed by atoms with E-state index in [-0.39, 0.29) is 16.8 Å². The van der Waals surface area contributed by atoms with Crippen molar-refractivity contribution in [2.75, 3.05) is 7.11 Å². The van der Waals surface area contributed by atoms with Gasteiger partial charge in [0.1, 0.15) is 5.41 Å². The van der Waals surface area contributed by atoms with Crippen molar-refractivity contribution in [2.45, 2.75) is 25.7 Å². The minimum atomic E-state index is -0.365. The summed E-state index contributed by atoms with van der Waals surface area (Å²) in [6.07, 6.45) is 0.896. The minimum absolute atomic E-state index is 0.0466. The molecule has 2 nitrogen and oxygen atoms in total. The molecule has 76 valence electrons. The van der Waals surface area contributed by atoms with Gasteiger partial charge in [-0.15, -0.1) is 11.3 Å². The van der Waals surface area contributed by atoms with Crippen molar-refractivity contribution in [3.05, 3.63) is 22.4 Å². The smallest absolute Gasteiger partial charge is 0.317 e. The van der Waals surface area contributed by atoms with E-state index in [2.05, 4.69) is 13.8 Å². The molecule has 1 unspecified atom stereocenters. The maximum Gasteiger partial charge on any atom is 0.317 e. The molecule has 0 saturated heterocycles. The van der Waals surface area contributed by atoms with Gasteiger partial charge in [-0.2, -0.15) is 0 Å². The third-order valence-corrected chi connectivity index (χ3v) is 4.24. The fourth-order valence-corrected chi connectivity index (χ4v) is 3.28. The van der Waals surface area contributed by atoms with E-state index in [4.69, 9.17) is 4.74 Å². The first kappa shape index (κ1) is 9.71. The average Bonchev–Trinajstić information content (AvgIpc) is 2.59. The molecule has 1 aromatic rings. The van der Waals surface area contributed by atoms with Crippen LogP contribution >= 0.6 is 11.3 Å². The zero-order chi connectivity index (χ0) is 10.4. The monoisotopic (exact) mass is 210 g/mol. The molecule has 2 rings (SSSR count). The van der Waals surface area contributed by atoms with Crippen molar-refractivity contribution in [3.8, 4) is 0 Å². The molecule has 0 bridgehead atoms. The summed E-state index contributed by atoms with van der Waals surface area (Å²) < 4.78 is 4.90. The highest BCUT2D eigenvalue weighted by Gasteiger charge is 2.68. The van der Waals surface area contributed by atoms with Crippen LogP contribution < -0.4 is 0 Å². The van der Waals surface area contributed by atoms with Gasteiger partial charge in [-0.1, -0.05) is 19.9 Å². The molecule has 1 aromatic heterocycles. The van der Waals surface area contributed by atoms with Crippen LogP contribution in [-0.4, -0.2) is 13.1 Å². The average molecular weight is 210 g/mol. The first-order valence-corrected chi connectivity index (χ1v) is 5.55. The fraction of sp³-hybridized carbons (Fsp3) is 0.545. The lowest BCUT2D eigenvalue weighted by Gasteiger charge is -2.15. The van der Waals surface area contributed by atoms with Crippen LogP contribution in [-0.2, 0) is 14.9 Å². The van der Waals surface area contributed by atoms with Gasteiger partial charge in [0.05, 0.1) is 7.11 Å². The maximum atomic E-state index is 11.8. The summed E-state index contributed by atoms with van der Waals surface area (Å²) in [7, 11) is 1.46. The third-order valence-electron chi connectivity index (χ3n) is 3.21. The van der Waals surface area contributed by atoms with Crippen LogP contribution in [0.3, 0.4) is 0 Å². The van der Waals surface area contributed by atoms with Gasteiger partial charge in [-0.3, -0.25) is 4.79 Å². The molecule has 0 radical (unpaired) electrons. The van der Waals surface area contributed by atoms with Crippen molar-refractivity contribution in [1.82, 2.24) is 0 Å². The number of methoxy groups -OCH3 is 1. The normalized spacial score (nSPS) is 28.5. The highest BCUT2D eigenvalue weighted by Crippen LogP contribution is 2.65. The predicted octanol–water partition coefficient (Wildman–Crippen LogP) is 2.59. The summed E-state index contributed by atoms with van der Waals surface area (Å²) in [5, 5.41) is 2.01. The van der Waals surface area contributed by atoms with Crippen LogP contribution in [0.1, 0.15) is 25.1 Å². The minimum Gasteiger partial charge on any atom is -0.468 e. The molecule has 1 aliphatic rings. The van der Waals surface area contributed by atoms with Gasteiger partial charge in [0, 0.05) is 4.88 Å². The lowest BCUT2D eigenvalue weighted by Crippen LogP contribution is -2.26. The van der Waals surface area contributed by atoms with Crippen LogP contribution in [0, 0.1) is 5.41 Å². The van der Waals surface area contributed by atoms with Crippen LogP contribution in [0.4, 0.5) is 0 Å². The maximum absolute atomic E-state index is 11.8.